The third kappa shape index (κ3) is 2.53. The van der Waals surface area contributed by atoms with Crippen LogP contribution in [0.3, 0.4) is 0 Å². The second kappa shape index (κ2) is 4.81. The van der Waals surface area contributed by atoms with Crippen molar-refractivity contribution in [2.45, 2.75) is 26.2 Å². The summed E-state index contributed by atoms with van der Waals surface area (Å²) in [6, 6.07) is 9.56. The Labute approximate surface area is 107 Å². The molecule has 1 saturated carbocycles. The van der Waals surface area contributed by atoms with Crippen molar-refractivity contribution in [3.8, 4) is 6.07 Å². The maximum Gasteiger partial charge on any atom is 0.309 e. The van der Waals surface area contributed by atoms with Crippen LogP contribution in [-0.4, -0.2) is 13.1 Å². The van der Waals surface area contributed by atoms with Crippen LogP contribution >= 0.6 is 0 Å². The quantitative estimate of drug-likeness (QED) is 0.764. The molecule has 0 N–H and O–H groups in total. The Kier molecular flexibility index (Phi) is 3.38. The van der Waals surface area contributed by atoms with E-state index in [0.717, 1.165) is 18.4 Å². The maximum atomic E-state index is 11.9. The predicted molar refractivity (Wildman–Crippen MR) is 67.7 cm³/mol. The lowest BCUT2D eigenvalue weighted by atomic mass is 9.85. The third-order valence-electron chi connectivity index (χ3n) is 3.86. The van der Waals surface area contributed by atoms with E-state index in [-0.39, 0.29) is 17.3 Å². The zero-order valence-corrected chi connectivity index (χ0v) is 10.8. The van der Waals surface area contributed by atoms with Crippen molar-refractivity contribution in [1.29, 1.82) is 5.26 Å². The molecule has 1 aliphatic carbocycles. The summed E-state index contributed by atoms with van der Waals surface area (Å²) < 4.78 is 4.90. The van der Waals surface area contributed by atoms with E-state index >= 15 is 0 Å². The van der Waals surface area contributed by atoms with Crippen molar-refractivity contribution in [3.63, 3.8) is 0 Å². The summed E-state index contributed by atoms with van der Waals surface area (Å²) in [5.74, 6) is -0.242. The van der Waals surface area contributed by atoms with Crippen LogP contribution in [0.15, 0.2) is 24.3 Å². The molecule has 0 heterocycles. The van der Waals surface area contributed by atoms with Crippen LogP contribution < -0.4 is 0 Å². The number of hydrogen-bond acceptors (Lipinski definition) is 3. The van der Waals surface area contributed by atoms with Gasteiger partial charge in [-0.15, -0.1) is 0 Å². The molecule has 1 aliphatic rings. The van der Waals surface area contributed by atoms with Gasteiger partial charge in [0.05, 0.1) is 24.7 Å². The highest BCUT2D eigenvalue weighted by molar-refractivity contribution is 5.74. The molecule has 0 amide bonds. The van der Waals surface area contributed by atoms with Crippen molar-refractivity contribution >= 4 is 5.97 Å². The molecule has 0 unspecified atom stereocenters. The SMILES string of the molecule is COC(=O)[C@H](Cc1cccc(C#N)c1)C1(C)CC1. The molecule has 0 aliphatic heterocycles. The fraction of sp³-hybridized carbons (Fsp3) is 0.467. The Bertz CT molecular complexity index is 497. The zero-order chi connectivity index (χ0) is 13.2. The summed E-state index contributed by atoms with van der Waals surface area (Å²) in [5, 5.41) is 8.88. The number of carbonyl (C=O) groups is 1. The van der Waals surface area contributed by atoms with Gasteiger partial charge in [0.2, 0.25) is 0 Å². The molecule has 0 aromatic heterocycles. The van der Waals surface area contributed by atoms with E-state index in [4.69, 9.17) is 10.00 Å². The highest BCUT2D eigenvalue weighted by atomic mass is 16.5. The van der Waals surface area contributed by atoms with Crippen molar-refractivity contribution in [3.05, 3.63) is 35.4 Å². The van der Waals surface area contributed by atoms with Crippen molar-refractivity contribution < 1.29 is 9.53 Å². The number of methoxy groups -OCH3 is 1. The summed E-state index contributed by atoms with van der Waals surface area (Å²) in [6.45, 7) is 2.13. The van der Waals surface area contributed by atoms with Gasteiger partial charge in [0.15, 0.2) is 0 Å². The van der Waals surface area contributed by atoms with E-state index in [1.807, 2.05) is 18.2 Å². The first-order valence-corrected chi connectivity index (χ1v) is 6.16. The number of carbonyl (C=O) groups excluding carboxylic acids is 1. The van der Waals surface area contributed by atoms with Gasteiger partial charge in [0, 0.05) is 0 Å². The van der Waals surface area contributed by atoms with E-state index in [1.165, 1.54) is 7.11 Å². The second-order valence-corrected chi connectivity index (χ2v) is 5.25. The summed E-state index contributed by atoms with van der Waals surface area (Å²) in [7, 11) is 1.44. The van der Waals surface area contributed by atoms with E-state index in [0.29, 0.717) is 12.0 Å². The number of rotatable bonds is 4. The lowest BCUT2D eigenvalue weighted by molar-refractivity contribution is -0.147. The van der Waals surface area contributed by atoms with Crippen molar-refractivity contribution in [2.75, 3.05) is 7.11 Å². The molecule has 3 nitrogen and oxygen atoms in total. The van der Waals surface area contributed by atoms with E-state index < -0.39 is 0 Å². The average Bonchev–Trinajstić information content (AvgIpc) is 3.14. The van der Waals surface area contributed by atoms with E-state index in [2.05, 4.69) is 13.0 Å². The topological polar surface area (TPSA) is 50.1 Å². The first kappa shape index (κ1) is 12.6. The molecule has 1 aromatic carbocycles. The molecule has 0 spiro atoms. The number of nitriles is 1. The molecule has 0 saturated heterocycles. The second-order valence-electron chi connectivity index (χ2n) is 5.25. The van der Waals surface area contributed by atoms with E-state index in [9.17, 15) is 4.79 Å². The molecule has 1 aromatic rings. The Morgan fingerprint density at radius 3 is 2.83 bits per heavy atom. The van der Waals surface area contributed by atoms with Gasteiger partial charge in [0.1, 0.15) is 0 Å². The van der Waals surface area contributed by atoms with Crippen LogP contribution in [0.4, 0.5) is 0 Å². The van der Waals surface area contributed by atoms with Crippen LogP contribution in [0.2, 0.25) is 0 Å². The maximum absolute atomic E-state index is 11.9. The number of esters is 1. The van der Waals surface area contributed by atoms with Crippen LogP contribution in [0, 0.1) is 22.7 Å². The molecular weight excluding hydrogens is 226 g/mol. The Balaban J connectivity index is 2.18. The van der Waals surface area contributed by atoms with Crippen molar-refractivity contribution in [1.82, 2.24) is 0 Å². The average molecular weight is 243 g/mol. The normalized spacial score (nSPS) is 17.6. The molecule has 2 rings (SSSR count). The van der Waals surface area contributed by atoms with Gasteiger partial charge in [0.25, 0.3) is 0 Å². The zero-order valence-electron chi connectivity index (χ0n) is 10.8. The van der Waals surface area contributed by atoms with Gasteiger partial charge in [-0.2, -0.15) is 5.26 Å². The van der Waals surface area contributed by atoms with Crippen LogP contribution in [0.1, 0.15) is 30.9 Å². The van der Waals surface area contributed by atoms with E-state index in [1.54, 1.807) is 6.07 Å². The molecule has 0 bridgehead atoms. The Morgan fingerprint density at radius 1 is 1.56 bits per heavy atom. The number of nitrogens with zero attached hydrogens (tertiary/aromatic N) is 1. The minimum absolute atomic E-state index is 0.0791. The smallest absolute Gasteiger partial charge is 0.309 e. The summed E-state index contributed by atoms with van der Waals surface area (Å²) >= 11 is 0. The number of hydrogen-bond donors (Lipinski definition) is 0. The molecule has 1 atom stereocenters. The Hall–Kier alpha value is -1.82. The first-order valence-electron chi connectivity index (χ1n) is 6.16. The lowest BCUT2D eigenvalue weighted by Gasteiger charge is -2.21. The summed E-state index contributed by atoms with van der Waals surface area (Å²) in [4.78, 5) is 11.9. The van der Waals surface area contributed by atoms with Gasteiger partial charge >= 0.3 is 5.97 Å². The van der Waals surface area contributed by atoms with Crippen molar-refractivity contribution in [2.24, 2.45) is 11.3 Å². The fourth-order valence-electron chi connectivity index (χ4n) is 2.31. The minimum Gasteiger partial charge on any atom is -0.469 e. The van der Waals surface area contributed by atoms with Gasteiger partial charge < -0.3 is 4.74 Å². The summed E-state index contributed by atoms with van der Waals surface area (Å²) in [6.07, 6.45) is 2.80. The molecule has 3 heteroatoms. The number of benzene rings is 1. The van der Waals surface area contributed by atoms with Crippen LogP contribution in [0.25, 0.3) is 0 Å². The Morgan fingerprint density at radius 2 is 2.28 bits per heavy atom. The fourth-order valence-corrected chi connectivity index (χ4v) is 2.31. The van der Waals surface area contributed by atoms with Gasteiger partial charge in [-0.1, -0.05) is 19.1 Å². The number of ether oxygens (including phenoxy) is 1. The minimum atomic E-state index is -0.141. The van der Waals surface area contributed by atoms with Gasteiger partial charge in [-0.25, -0.2) is 0 Å². The molecule has 0 radical (unpaired) electrons. The first-order chi connectivity index (χ1) is 8.59. The molecular formula is C15H17NO2. The molecule has 1 fully saturated rings. The highest BCUT2D eigenvalue weighted by Crippen LogP contribution is 2.52. The highest BCUT2D eigenvalue weighted by Gasteiger charge is 2.48. The lowest BCUT2D eigenvalue weighted by Crippen LogP contribution is -2.26. The van der Waals surface area contributed by atoms with Crippen LogP contribution in [0.5, 0.6) is 0 Å². The molecule has 94 valence electrons. The van der Waals surface area contributed by atoms with Gasteiger partial charge in [-0.05, 0) is 42.4 Å². The van der Waals surface area contributed by atoms with Gasteiger partial charge in [-0.3, -0.25) is 4.79 Å². The predicted octanol–water partition coefficient (Wildman–Crippen LogP) is 2.69. The standard InChI is InChI=1S/C15H17NO2/c1-15(6-7-15)13(14(17)18-2)9-11-4-3-5-12(8-11)10-16/h3-5,8,13H,6-7,9H2,1-2H3/t13-/m0/s1. The monoisotopic (exact) mass is 243 g/mol. The molecule has 18 heavy (non-hydrogen) atoms. The third-order valence-corrected chi connectivity index (χ3v) is 3.86. The summed E-state index contributed by atoms with van der Waals surface area (Å²) in [5.41, 5.74) is 1.74. The van der Waals surface area contributed by atoms with Crippen LogP contribution in [-0.2, 0) is 16.0 Å². The largest absolute Gasteiger partial charge is 0.469 e.